The average Bonchev–Trinajstić information content (AvgIpc) is 2.67. The monoisotopic (exact) mass is 397 g/mol. The van der Waals surface area contributed by atoms with Gasteiger partial charge in [-0.05, 0) is 51.5 Å². The third kappa shape index (κ3) is 4.20. The second-order valence-corrected chi connectivity index (χ2v) is 9.05. The number of rotatable bonds is 4. The molecule has 0 spiro atoms. The van der Waals surface area contributed by atoms with E-state index in [9.17, 15) is 9.90 Å². The lowest BCUT2D eigenvalue weighted by atomic mass is 9.95. The molecule has 3 rings (SSSR count). The highest BCUT2D eigenvalue weighted by Gasteiger charge is 2.54. The Bertz CT molecular complexity index is 877. The normalized spacial score (nSPS) is 23.1. The zero-order valence-corrected chi connectivity index (χ0v) is 17.9. The van der Waals surface area contributed by atoms with E-state index in [2.05, 4.69) is 17.0 Å². The first-order chi connectivity index (χ1) is 13.7. The molecule has 1 fully saturated rings. The highest BCUT2D eigenvalue weighted by atomic mass is 16.4. The second kappa shape index (κ2) is 8.22. The second-order valence-electron chi connectivity index (χ2n) is 9.05. The van der Waals surface area contributed by atoms with Crippen molar-refractivity contribution in [1.82, 2.24) is 9.88 Å². The van der Waals surface area contributed by atoms with E-state index in [0.717, 1.165) is 42.1 Å². The van der Waals surface area contributed by atoms with Gasteiger partial charge in [-0.15, -0.1) is 0 Å². The Morgan fingerprint density at radius 3 is 2.62 bits per heavy atom. The number of hydrogen-bond acceptors (Lipinski definition) is 4. The molecule has 2 aromatic rings. The van der Waals surface area contributed by atoms with E-state index in [1.807, 2.05) is 58.0 Å². The number of amides is 1. The van der Waals surface area contributed by atoms with Crippen LogP contribution in [0.3, 0.4) is 0 Å². The van der Waals surface area contributed by atoms with Crippen LogP contribution in [0.1, 0.15) is 39.0 Å². The first kappa shape index (κ1) is 21.4. The molecule has 0 aliphatic carbocycles. The zero-order chi connectivity index (χ0) is 21.2. The highest BCUT2D eigenvalue weighted by Crippen LogP contribution is 2.32. The topological polar surface area (TPSA) is 79.5 Å². The summed E-state index contributed by atoms with van der Waals surface area (Å²) >= 11 is 0. The van der Waals surface area contributed by atoms with Gasteiger partial charge in [-0.1, -0.05) is 24.3 Å². The fourth-order valence-electron chi connectivity index (χ4n) is 4.65. The Balaban J connectivity index is 1.76. The van der Waals surface area contributed by atoms with Crippen LogP contribution in [0.4, 0.5) is 4.79 Å². The van der Waals surface area contributed by atoms with Crippen LogP contribution in [-0.4, -0.2) is 56.8 Å². The van der Waals surface area contributed by atoms with Crippen molar-refractivity contribution in [3.63, 3.8) is 0 Å². The lowest BCUT2D eigenvalue weighted by Crippen LogP contribution is -2.73. The number of carbonyl (C=O) groups is 1. The molecule has 1 aromatic heterocycles. The van der Waals surface area contributed by atoms with Gasteiger partial charge >= 0.3 is 6.09 Å². The summed E-state index contributed by atoms with van der Waals surface area (Å²) < 4.78 is 0.100. The number of benzene rings is 1. The molecule has 1 amide bonds. The Hall–Kier alpha value is -2.28. The molecule has 1 unspecified atom stereocenters. The van der Waals surface area contributed by atoms with Crippen molar-refractivity contribution >= 4 is 6.09 Å². The van der Waals surface area contributed by atoms with Gasteiger partial charge in [0.2, 0.25) is 0 Å². The van der Waals surface area contributed by atoms with Gasteiger partial charge in [-0.3, -0.25) is 9.88 Å². The van der Waals surface area contributed by atoms with Crippen LogP contribution in [0.15, 0.2) is 42.5 Å². The van der Waals surface area contributed by atoms with Gasteiger partial charge in [0.15, 0.2) is 0 Å². The minimum atomic E-state index is -0.732. The quantitative estimate of drug-likeness (QED) is 0.769. The van der Waals surface area contributed by atoms with Gasteiger partial charge in [-0.25, -0.2) is 4.48 Å². The van der Waals surface area contributed by atoms with Crippen LogP contribution in [0, 0.1) is 0 Å². The van der Waals surface area contributed by atoms with Crippen LogP contribution in [-0.2, 0) is 13.1 Å². The van der Waals surface area contributed by atoms with Crippen LogP contribution in [0.2, 0.25) is 0 Å². The predicted molar refractivity (Wildman–Crippen MR) is 115 cm³/mol. The number of pyridine rings is 1. The molecular formula is C23H33N4O2+. The summed E-state index contributed by atoms with van der Waals surface area (Å²) in [7, 11) is 0. The molecule has 1 aromatic carbocycles. The summed E-state index contributed by atoms with van der Waals surface area (Å²) in [4.78, 5) is 19.4. The summed E-state index contributed by atoms with van der Waals surface area (Å²) in [5, 5.41) is 10.0. The largest absolute Gasteiger partial charge is 0.514 e. The molecule has 0 saturated carbocycles. The molecule has 1 aliphatic heterocycles. The average molecular weight is 398 g/mol. The first-order valence-corrected chi connectivity index (χ1v) is 10.3. The van der Waals surface area contributed by atoms with Crippen LogP contribution in [0.25, 0.3) is 11.3 Å². The van der Waals surface area contributed by atoms with Crippen molar-refractivity contribution in [3.05, 3.63) is 53.7 Å². The van der Waals surface area contributed by atoms with Crippen molar-refractivity contribution in [2.75, 3.05) is 19.6 Å². The van der Waals surface area contributed by atoms with Crippen molar-refractivity contribution in [2.45, 2.75) is 52.4 Å². The van der Waals surface area contributed by atoms with Gasteiger partial charge in [0.25, 0.3) is 0 Å². The van der Waals surface area contributed by atoms with Crippen molar-refractivity contribution < 1.29 is 14.4 Å². The van der Waals surface area contributed by atoms with E-state index >= 15 is 0 Å². The third-order valence-corrected chi connectivity index (χ3v) is 6.23. The van der Waals surface area contributed by atoms with Gasteiger partial charge in [0.1, 0.15) is 18.1 Å². The Kier molecular flexibility index (Phi) is 6.08. The molecule has 1 aliphatic rings. The predicted octanol–water partition coefficient (Wildman–Crippen LogP) is 3.70. The zero-order valence-electron chi connectivity index (χ0n) is 17.9. The van der Waals surface area contributed by atoms with Crippen LogP contribution in [0.5, 0.6) is 0 Å². The SMILES string of the molecule is C[C@H]1CN(Cc2cccc(-c3cccc(CN)c3)n2)CC[N+]1(C(=O)O)C(C)(C)C. The number of nitrogens with two attached hydrogens (primary N) is 1. The summed E-state index contributed by atoms with van der Waals surface area (Å²) in [6, 6.07) is 14.3. The summed E-state index contributed by atoms with van der Waals surface area (Å²) in [6.45, 7) is 11.4. The molecule has 2 heterocycles. The number of piperazine rings is 1. The molecular weight excluding hydrogens is 364 g/mol. The number of aromatic nitrogens is 1. The fourth-order valence-corrected chi connectivity index (χ4v) is 4.65. The van der Waals surface area contributed by atoms with Crippen LogP contribution < -0.4 is 5.73 Å². The fraction of sp³-hybridized carbons (Fsp3) is 0.478. The minimum Gasteiger partial charge on any atom is -0.435 e. The molecule has 3 N–H and O–H groups in total. The van der Waals surface area contributed by atoms with Crippen molar-refractivity contribution in [1.29, 1.82) is 0 Å². The number of hydrogen-bond donors (Lipinski definition) is 2. The molecule has 6 heteroatoms. The number of carboxylic acid groups (broad SMARTS) is 1. The van der Waals surface area contributed by atoms with Gasteiger partial charge in [-0.2, -0.15) is 4.79 Å². The van der Waals surface area contributed by atoms with E-state index in [4.69, 9.17) is 10.7 Å². The number of quaternary nitrogens is 1. The highest BCUT2D eigenvalue weighted by molar-refractivity contribution is 5.60. The molecule has 0 radical (unpaired) electrons. The minimum absolute atomic E-state index is 0.00525. The van der Waals surface area contributed by atoms with Crippen molar-refractivity contribution in [3.8, 4) is 11.3 Å². The smallest absolute Gasteiger partial charge is 0.435 e. The lowest BCUT2D eigenvalue weighted by Gasteiger charge is -2.52. The van der Waals surface area contributed by atoms with E-state index in [1.165, 1.54) is 0 Å². The maximum atomic E-state index is 12.2. The van der Waals surface area contributed by atoms with E-state index in [1.54, 1.807) is 0 Å². The molecule has 29 heavy (non-hydrogen) atoms. The van der Waals surface area contributed by atoms with Gasteiger partial charge < -0.3 is 10.8 Å². The molecule has 6 nitrogen and oxygen atoms in total. The molecule has 1 saturated heterocycles. The molecule has 156 valence electrons. The maximum absolute atomic E-state index is 12.2. The van der Waals surface area contributed by atoms with Gasteiger partial charge in [0.05, 0.1) is 17.9 Å². The van der Waals surface area contributed by atoms with Gasteiger partial charge in [0, 0.05) is 25.2 Å². The maximum Gasteiger partial charge on any atom is 0.514 e. The van der Waals surface area contributed by atoms with E-state index in [-0.39, 0.29) is 16.1 Å². The van der Waals surface area contributed by atoms with Crippen molar-refractivity contribution in [2.24, 2.45) is 5.73 Å². The standard InChI is InChI=1S/C23H32N4O2/c1-17-15-26(11-12-27(17,22(28)29)23(2,3)4)16-20-9-6-10-21(25-20)19-8-5-7-18(13-19)14-24/h5-10,13,17H,11-12,14-16,24H2,1-4H3/p+1/t17-,27?/m0/s1. The third-order valence-electron chi connectivity index (χ3n) is 6.23. The summed E-state index contributed by atoms with van der Waals surface area (Å²) in [5.74, 6) is 0. The van der Waals surface area contributed by atoms with E-state index < -0.39 is 6.09 Å². The summed E-state index contributed by atoms with van der Waals surface area (Å²) in [6.07, 6.45) is -0.732. The first-order valence-electron chi connectivity index (χ1n) is 10.3. The molecule has 2 atom stereocenters. The molecule has 0 bridgehead atoms. The number of nitrogens with zero attached hydrogens (tertiary/aromatic N) is 3. The lowest BCUT2D eigenvalue weighted by molar-refractivity contribution is -0.929. The summed E-state index contributed by atoms with van der Waals surface area (Å²) in [5.41, 5.74) is 9.51. The Labute approximate surface area is 173 Å². The Morgan fingerprint density at radius 1 is 1.28 bits per heavy atom. The van der Waals surface area contributed by atoms with E-state index in [0.29, 0.717) is 13.1 Å². The van der Waals surface area contributed by atoms with Crippen LogP contribution >= 0.6 is 0 Å². The Morgan fingerprint density at radius 2 is 2.00 bits per heavy atom.